The molecule has 2 heterocycles. The predicted octanol–water partition coefficient (Wildman–Crippen LogP) is 2.05. The van der Waals surface area contributed by atoms with Gasteiger partial charge in [-0.25, -0.2) is 0 Å². The lowest BCUT2D eigenvalue weighted by Crippen LogP contribution is -2.22. The van der Waals surface area contributed by atoms with E-state index in [-0.39, 0.29) is 5.78 Å². The standard InChI is InChI=1S/C14H19N3O2S/c1-10-8-20-9-11(10)14(18)13-12(19-4)7-15-17(13)6-5-16(2)3/h7-9H,5-6H2,1-4H3. The van der Waals surface area contributed by atoms with Crippen LogP contribution in [0.3, 0.4) is 0 Å². The molecule has 0 fully saturated rings. The average molecular weight is 293 g/mol. The number of hydrogen-bond acceptors (Lipinski definition) is 5. The van der Waals surface area contributed by atoms with Gasteiger partial charge in [-0.3, -0.25) is 9.48 Å². The van der Waals surface area contributed by atoms with Gasteiger partial charge in [-0.15, -0.1) is 0 Å². The summed E-state index contributed by atoms with van der Waals surface area (Å²) in [4.78, 5) is 14.7. The topological polar surface area (TPSA) is 47.4 Å². The molecule has 0 saturated heterocycles. The van der Waals surface area contributed by atoms with Crippen LogP contribution in [0.15, 0.2) is 17.0 Å². The number of aryl methyl sites for hydroxylation is 1. The van der Waals surface area contributed by atoms with Crippen LogP contribution in [0, 0.1) is 6.92 Å². The molecule has 0 unspecified atom stereocenters. The minimum atomic E-state index is -0.0307. The van der Waals surface area contributed by atoms with E-state index < -0.39 is 0 Å². The second-order valence-electron chi connectivity index (χ2n) is 4.89. The molecule has 2 rings (SSSR count). The van der Waals surface area contributed by atoms with Crippen LogP contribution in [0.5, 0.6) is 5.75 Å². The van der Waals surface area contributed by atoms with Crippen molar-refractivity contribution in [3.05, 3.63) is 33.8 Å². The zero-order valence-electron chi connectivity index (χ0n) is 12.2. The van der Waals surface area contributed by atoms with Gasteiger partial charge in [-0.05, 0) is 32.0 Å². The van der Waals surface area contributed by atoms with E-state index in [2.05, 4.69) is 10.00 Å². The lowest BCUT2D eigenvalue weighted by Gasteiger charge is -2.12. The Morgan fingerprint density at radius 3 is 2.75 bits per heavy atom. The lowest BCUT2D eigenvalue weighted by atomic mass is 10.1. The zero-order chi connectivity index (χ0) is 14.7. The summed E-state index contributed by atoms with van der Waals surface area (Å²) < 4.78 is 7.00. The van der Waals surface area contributed by atoms with Gasteiger partial charge in [0.25, 0.3) is 0 Å². The Labute approximate surface area is 122 Å². The SMILES string of the molecule is COc1cnn(CCN(C)C)c1C(=O)c1cscc1C. The van der Waals surface area contributed by atoms with Crippen LogP contribution in [0.1, 0.15) is 21.6 Å². The monoisotopic (exact) mass is 293 g/mol. The maximum Gasteiger partial charge on any atom is 0.215 e. The molecule has 0 amide bonds. The smallest absolute Gasteiger partial charge is 0.215 e. The largest absolute Gasteiger partial charge is 0.493 e. The fourth-order valence-electron chi connectivity index (χ4n) is 1.93. The van der Waals surface area contributed by atoms with Gasteiger partial charge >= 0.3 is 0 Å². The van der Waals surface area contributed by atoms with Crippen molar-refractivity contribution in [1.29, 1.82) is 0 Å². The van der Waals surface area contributed by atoms with Crippen LogP contribution >= 0.6 is 11.3 Å². The van der Waals surface area contributed by atoms with E-state index >= 15 is 0 Å². The molecule has 0 aliphatic rings. The van der Waals surface area contributed by atoms with Crippen molar-refractivity contribution in [3.63, 3.8) is 0 Å². The van der Waals surface area contributed by atoms with Crippen molar-refractivity contribution in [1.82, 2.24) is 14.7 Å². The first-order valence-electron chi connectivity index (χ1n) is 6.36. The molecule has 0 radical (unpaired) electrons. The molecule has 5 nitrogen and oxygen atoms in total. The molecule has 20 heavy (non-hydrogen) atoms. The van der Waals surface area contributed by atoms with Crippen LogP contribution in [0.2, 0.25) is 0 Å². The zero-order valence-corrected chi connectivity index (χ0v) is 13.0. The third-order valence-electron chi connectivity index (χ3n) is 3.10. The second kappa shape index (κ2) is 6.19. The van der Waals surface area contributed by atoms with Gasteiger partial charge in [0.15, 0.2) is 11.4 Å². The number of methoxy groups -OCH3 is 1. The minimum Gasteiger partial charge on any atom is -0.493 e. The molecule has 2 aromatic heterocycles. The van der Waals surface area contributed by atoms with E-state index in [1.165, 1.54) is 11.3 Å². The molecule has 0 bridgehead atoms. The molecule has 0 atom stereocenters. The Balaban J connectivity index is 2.36. The normalized spacial score (nSPS) is 11.1. The Bertz CT molecular complexity index is 601. The molecule has 6 heteroatoms. The van der Waals surface area contributed by atoms with Gasteiger partial charge in [0.05, 0.1) is 19.9 Å². The van der Waals surface area contributed by atoms with Crippen LogP contribution in [-0.2, 0) is 6.54 Å². The number of likely N-dealkylation sites (N-methyl/N-ethyl adjacent to an activating group) is 1. The molecule has 0 N–H and O–H groups in total. The number of carbonyl (C=O) groups excluding carboxylic acids is 1. The highest BCUT2D eigenvalue weighted by Gasteiger charge is 2.22. The number of carbonyl (C=O) groups is 1. The number of nitrogens with zero attached hydrogens (tertiary/aromatic N) is 3. The summed E-state index contributed by atoms with van der Waals surface area (Å²) in [5, 5.41) is 8.11. The highest BCUT2D eigenvalue weighted by atomic mass is 32.1. The molecule has 0 aliphatic heterocycles. The van der Waals surface area contributed by atoms with Crippen molar-refractivity contribution in [2.24, 2.45) is 0 Å². The number of hydrogen-bond donors (Lipinski definition) is 0. The van der Waals surface area contributed by atoms with E-state index in [0.29, 0.717) is 18.0 Å². The highest BCUT2D eigenvalue weighted by Crippen LogP contribution is 2.24. The summed E-state index contributed by atoms with van der Waals surface area (Å²) in [7, 11) is 5.54. The van der Waals surface area contributed by atoms with Crippen LogP contribution in [0.25, 0.3) is 0 Å². The minimum absolute atomic E-state index is 0.0307. The van der Waals surface area contributed by atoms with Crippen LogP contribution in [-0.4, -0.2) is 48.2 Å². The number of ketones is 1. The number of thiophene rings is 1. The fourth-order valence-corrected chi connectivity index (χ4v) is 2.76. The molecule has 0 aliphatic carbocycles. The second-order valence-corrected chi connectivity index (χ2v) is 5.63. The van der Waals surface area contributed by atoms with Crippen LogP contribution < -0.4 is 4.74 Å². The first kappa shape index (κ1) is 14.7. The van der Waals surface area contributed by atoms with Crippen molar-refractivity contribution in [2.75, 3.05) is 27.7 Å². The highest BCUT2D eigenvalue weighted by molar-refractivity contribution is 7.08. The number of aromatic nitrogens is 2. The number of rotatable bonds is 6. The lowest BCUT2D eigenvalue weighted by molar-refractivity contribution is 0.102. The molecule has 0 spiro atoms. The van der Waals surface area contributed by atoms with Gasteiger partial charge < -0.3 is 9.64 Å². The molecular formula is C14H19N3O2S. The predicted molar refractivity (Wildman–Crippen MR) is 79.8 cm³/mol. The molecule has 0 aromatic carbocycles. The van der Waals surface area contributed by atoms with E-state index in [1.54, 1.807) is 18.0 Å². The van der Waals surface area contributed by atoms with Gasteiger partial charge in [0, 0.05) is 17.5 Å². The first-order valence-corrected chi connectivity index (χ1v) is 7.31. The summed E-state index contributed by atoms with van der Waals surface area (Å²) in [6.45, 7) is 3.41. The van der Waals surface area contributed by atoms with Crippen molar-refractivity contribution < 1.29 is 9.53 Å². The molecule has 0 saturated carbocycles. The third-order valence-corrected chi connectivity index (χ3v) is 3.96. The van der Waals surface area contributed by atoms with Gasteiger partial charge in [-0.2, -0.15) is 16.4 Å². The Kier molecular flexibility index (Phi) is 4.57. The Morgan fingerprint density at radius 1 is 1.45 bits per heavy atom. The number of ether oxygens (including phenoxy) is 1. The summed E-state index contributed by atoms with van der Waals surface area (Å²) in [5.41, 5.74) is 2.23. The molecule has 108 valence electrons. The first-order chi connectivity index (χ1) is 9.54. The van der Waals surface area contributed by atoms with E-state index in [4.69, 9.17) is 4.74 Å². The van der Waals surface area contributed by atoms with Crippen molar-refractivity contribution >= 4 is 17.1 Å². The van der Waals surface area contributed by atoms with Crippen LogP contribution in [0.4, 0.5) is 0 Å². The summed E-state index contributed by atoms with van der Waals surface area (Å²) in [6, 6.07) is 0. The van der Waals surface area contributed by atoms with Gasteiger partial charge in [0.1, 0.15) is 0 Å². The van der Waals surface area contributed by atoms with Gasteiger partial charge in [0.2, 0.25) is 5.78 Å². The molecular weight excluding hydrogens is 274 g/mol. The van der Waals surface area contributed by atoms with E-state index in [9.17, 15) is 4.79 Å². The third kappa shape index (κ3) is 2.91. The fraction of sp³-hybridized carbons (Fsp3) is 0.429. The average Bonchev–Trinajstić information content (AvgIpc) is 3.01. The van der Waals surface area contributed by atoms with Crippen molar-refractivity contribution in [3.8, 4) is 5.75 Å². The summed E-state index contributed by atoms with van der Waals surface area (Å²) in [6.07, 6.45) is 1.60. The quantitative estimate of drug-likeness (QED) is 0.765. The van der Waals surface area contributed by atoms with E-state index in [0.717, 1.165) is 17.7 Å². The summed E-state index contributed by atoms with van der Waals surface area (Å²) in [5.74, 6) is 0.496. The van der Waals surface area contributed by atoms with E-state index in [1.807, 2.05) is 31.8 Å². The van der Waals surface area contributed by atoms with Crippen molar-refractivity contribution in [2.45, 2.75) is 13.5 Å². The molecule has 2 aromatic rings. The maximum absolute atomic E-state index is 12.7. The maximum atomic E-state index is 12.7. The Hall–Kier alpha value is -1.66. The Morgan fingerprint density at radius 2 is 2.20 bits per heavy atom. The van der Waals surface area contributed by atoms with Gasteiger partial charge in [-0.1, -0.05) is 0 Å². The summed E-state index contributed by atoms with van der Waals surface area (Å²) >= 11 is 1.53.